The van der Waals surface area contributed by atoms with Gasteiger partial charge in [0.2, 0.25) is 0 Å². The van der Waals surface area contributed by atoms with Crippen LogP contribution in [0.3, 0.4) is 0 Å². The predicted molar refractivity (Wildman–Crippen MR) is 79.3 cm³/mol. The van der Waals surface area contributed by atoms with Crippen LogP contribution < -0.4 is 5.32 Å². The third kappa shape index (κ3) is 3.95. The average Bonchev–Trinajstić information content (AvgIpc) is 2.40. The average molecular weight is 325 g/mol. The molecule has 2 amide bonds. The summed E-state index contributed by atoms with van der Waals surface area (Å²) in [6.07, 6.45) is 0.775. The van der Waals surface area contributed by atoms with Gasteiger partial charge >= 0.3 is 6.09 Å². The molecule has 0 unspecified atom stereocenters. The van der Waals surface area contributed by atoms with Gasteiger partial charge in [-0.15, -0.1) is 0 Å². The minimum Gasteiger partial charge on any atom is -0.444 e. The predicted octanol–water partition coefficient (Wildman–Crippen LogP) is 0.932. The van der Waals surface area contributed by atoms with E-state index in [1.807, 2.05) is 0 Å². The van der Waals surface area contributed by atoms with E-state index in [0.717, 1.165) is 6.07 Å². The Hall–Kier alpha value is -2.22. The third-order valence-electron chi connectivity index (χ3n) is 3.29. The Morgan fingerprint density at radius 3 is 2.65 bits per heavy atom. The van der Waals surface area contributed by atoms with Gasteiger partial charge in [-0.2, -0.15) is 0 Å². The summed E-state index contributed by atoms with van der Waals surface area (Å²) in [6, 6.07) is 2.50. The summed E-state index contributed by atoms with van der Waals surface area (Å²) >= 11 is 0. The van der Waals surface area contributed by atoms with E-state index >= 15 is 0 Å². The van der Waals surface area contributed by atoms with E-state index in [-0.39, 0.29) is 25.4 Å². The molecule has 2 rings (SSSR count). The van der Waals surface area contributed by atoms with Gasteiger partial charge in [0.05, 0.1) is 25.2 Å². The Kier molecular flexibility index (Phi) is 4.56. The highest BCUT2D eigenvalue weighted by molar-refractivity contribution is 5.93. The highest BCUT2D eigenvalue weighted by Gasteiger charge is 2.47. The first-order valence-corrected chi connectivity index (χ1v) is 7.18. The van der Waals surface area contributed by atoms with E-state index in [9.17, 15) is 19.1 Å². The summed E-state index contributed by atoms with van der Waals surface area (Å²) in [5.41, 5.74) is -2.00. The number of aliphatic hydroxyl groups is 1. The lowest BCUT2D eigenvalue weighted by Crippen LogP contribution is -2.73. The van der Waals surface area contributed by atoms with Crippen molar-refractivity contribution in [2.75, 3.05) is 19.7 Å². The molecule has 1 aromatic heterocycles. The normalized spacial score (nSPS) is 16.5. The van der Waals surface area contributed by atoms with E-state index in [4.69, 9.17) is 4.74 Å². The minimum atomic E-state index is -1.02. The fraction of sp³-hybridized carbons (Fsp3) is 0.533. The molecule has 0 spiro atoms. The fourth-order valence-electron chi connectivity index (χ4n) is 2.21. The van der Waals surface area contributed by atoms with Crippen LogP contribution in [0, 0.1) is 5.82 Å². The molecule has 0 bridgehead atoms. The summed E-state index contributed by atoms with van der Waals surface area (Å²) in [5, 5.41) is 12.1. The Morgan fingerprint density at radius 1 is 1.48 bits per heavy atom. The number of ether oxygens (including phenoxy) is 1. The van der Waals surface area contributed by atoms with Crippen LogP contribution >= 0.6 is 0 Å². The lowest BCUT2D eigenvalue weighted by Gasteiger charge is -2.49. The van der Waals surface area contributed by atoms with Gasteiger partial charge in [0.15, 0.2) is 11.5 Å². The number of rotatable bonds is 3. The number of nitrogens with zero attached hydrogens (tertiary/aromatic N) is 2. The Labute approximate surface area is 133 Å². The first-order valence-electron chi connectivity index (χ1n) is 7.18. The number of hydrogen-bond acceptors (Lipinski definition) is 5. The fourth-order valence-corrected chi connectivity index (χ4v) is 2.21. The Bertz CT molecular complexity index is 609. The standard InChI is InChI=1S/C15H20FN3O4/c1-14(2,3)23-13(22)19-7-15(8-19,9-20)18-12(21)11-10(16)5-4-6-17-11/h4-6,20H,7-9H2,1-3H3,(H,18,21). The molecule has 0 radical (unpaired) electrons. The maximum absolute atomic E-state index is 13.6. The number of hydrogen-bond donors (Lipinski definition) is 2. The Morgan fingerprint density at radius 2 is 2.13 bits per heavy atom. The number of carbonyl (C=O) groups is 2. The number of aromatic nitrogens is 1. The van der Waals surface area contributed by atoms with E-state index in [1.54, 1.807) is 20.8 Å². The molecular formula is C15H20FN3O4. The van der Waals surface area contributed by atoms with Crippen molar-refractivity contribution in [1.29, 1.82) is 0 Å². The summed E-state index contributed by atoms with van der Waals surface area (Å²) in [4.78, 5) is 29.0. The van der Waals surface area contributed by atoms with Crippen molar-refractivity contribution in [2.45, 2.75) is 31.9 Å². The molecule has 1 saturated heterocycles. The van der Waals surface area contributed by atoms with Crippen molar-refractivity contribution >= 4 is 12.0 Å². The molecule has 2 N–H and O–H groups in total. The SMILES string of the molecule is CC(C)(C)OC(=O)N1CC(CO)(NC(=O)c2ncccc2F)C1. The van der Waals surface area contributed by atoms with Crippen LogP contribution in [-0.2, 0) is 4.74 Å². The third-order valence-corrected chi connectivity index (χ3v) is 3.29. The summed E-state index contributed by atoms with van der Waals surface area (Å²) in [5.74, 6) is -1.48. The van der Waals surface area contributed by atoms with E-state index in [0.29, 0.717) is 0 Å². The number of nitrogens with one attached hydrogen (secondary N) is 1. The number of carbonyl (C=O) groups excluding carboxylic acids is 2. The van der Waals surface area contributed by atoms with Crippen molar-refractivity contribution in [1.82, 2.24) is 15.2 Å². The molecule has 2 heterocycles. The van der Waals surface area contributed by atoms with Gasteiger partial charge in [-0.1, -0.05) is 0 Å². The van der Waals surface area contributed by atoms with Crippen molar-refractivity contribution < 1.29 is 23.8 Å². The van der Waals surface area contributed by atoms with Crippen LogP contribution in [0.15, 0.2) is 18.3 Å². The van der Waals surface area contributed by atoms with Crippen molar-refractivity contribution in [3.05, 3.63) is 29.8 Å². The van der Waals surface area contributed by atoms with Crippen LogP contribution in [-0.4, -0.2) is 57.8 Å². The van der Waals surface area contributed by atoms with E-state index in [2.05, 4.69) is 10.3 Å². The van der Waals surface area contributed by atoms with Gasteiger partial charge in [-0.25, -0.2) is 14.2 Å². The summed E-state index contributed by atoms with van der Waals surface area (Å²) < 4.78 is 18.8. The zero-order valence-electron chi connectivity index (χ0n) is 13.3. The molecule has 0 saturated carbocycles. The van der Waals surface area contributed by atoms with Crippen LogP contribution in [0.5, 0.6) is 0 Å². The van der Waals surface area contributed by atoms with Crippen LogP contribution in [0.1, 0.15) is 31.3 Å². The molecule has 1 aliphatic rings. The van der Waals surface area contributed by atoms with Crippen molar-refractivity contribution in [3.8, 4) is 0 Å². The molecule has 0 aromatic carbocycles. The molecule has 0 atom stereocenters. The van der Waals surface area contributed by atoms with E-state index < -0.39 is 29.0 Å². The quantitative estimate of drug-likeness (QED) is 0.863. The molecule has 8 heteroatoms. The van der Waals surface area contributed by atoms with Gasteiger partial charge in [0, 0.05) is 6.20 Å². The number of likely N-dealkylation sites (tertiary alicyclic amines) is 1. The minimum absolute atomic E-state index is 0.0820. The van der Waals surface area contributed by atoms with Gasteiger partial charge in [0.25, 0.3) is 5.91 Å². The lowest BCUT2D eigenvalue weighted by molar-refractivity contribution is -0.0296. The van der Waals surface area contributed by atoms with Gasteiger partial charge < -0.3 is 20.1 Å². The monoisotopic (exact) mass is 325 g/mol. The number of halogens is 1. The molecule has 1 aliphatic heterocycles. The maximum atomic E-state index is 13.6. The second-order valence-electron chi connectivity index (χ2n) is 6.56. The molecule has 126 valence electrons. The molecule has 23 heavy (non-hydrogen) atoms. The maximum Gasteiger partial charge on any atom is 0.410 e. The zero-order valence-corrected chi connectivity index (χ0v) is 13.3. The summed E-state index contributed by atoms with van der Waals surface area (Å²) in [6.45, 7) is 5.02. The van der Waals surface area contributed by atoms with Crippen molar-refractivity contribution in [2.24, 2.45) is 0 Å². The number of aliphatic hydroxyl groups excluding tert-OH is 1. The topological polar surface area (TPSA) is 91.8 Å². The Balaban J connectivity index is 1.99. The smallest absolute Gasteiger partial charge is 0.410 e. The second-order valence-corrected chi connectivity index (χ2v) is 6.56. The summed E-state index contributed by atoms with van der Waals surface area (Å²) in [7, 11) is 0. The van der Waals surface area contributed by atoms with Gasteiger partial charge in [-0.05, 0) is 32.9 Å². The zero-order chi connectivity index (χ0) is 17.3. The molecular weight excluding hydrogens is 305 g/mol. The van der Waals surface area contributed by atoms with Crippen molar-refractivity contribution in [3.63, 3.8) is 0 Å². The second kappa shape index (κ2) is 6.11. The molecule has 7 nitrogen and oxygen atoms in total. The molecule has 1 aromatic rings. The van der Waals surface area contributed by atoms with Crippen LogP contribution in [0.4, 0.5) is 9.18 Å². The lowest BCUT2D eigenvalue weighted by atomic mass is 9.91. The largest absolute Gasteiger partial charge is 0.444 e. The molecule has 0 aliphatic carbocycles. The van der Waals surface area contributed by atoms with Gasteiger partial charge in [-0.3, -0.25) is 4.79 Å². The van der Waals surface area contributed by atoms with Crippen LogP contribution in [0.2, 0.25) is 0 Å². The first kappa shape index (κ1) is 17.1. The van der Waals surface area contributed by atoms with Gasteiger partial charge in [0.1, 0.15) is 5.60 Å². The highest BCUT2D eigenvalue weighted by Crippen LogP contribution is 2.24. The molecule has 1 fully saturated rings. The first-order chi connectivity index (χ1) is 10.7. The highest BCUT2D eigenvalue weighted by atomic mass is 19.1. The van der Waals surface area contributed by atoms with Crippen LogP contribution in [0.25, 0.3) is 0 Å². The number of amides is 2. The number of pyridine rings is 1. The van der Waals surface area contributed by atoms with E-state index in [1.165, 1.54) is 17.2 Å².